The number of rotatable bonds is 2. The van der Waals surface area contributed by atoms with Gasteiger partial charge in [-0.1, -0.05) is 0 Å². The molecule has 0 aromatic rings. The summed E-state index contributed by atoms with van der Waals surface area (Å²) in [7, 11) is -3.06. The minimum absolute atomic E-state index is 0.215. The maximum absolute atomic E-state index is 12.2. The van der Waals surface area contributed by atoms with Crippen LogP contribution in [0.5, 0.6) is 0 Å². The summed E-state index contributed by atoms with van der Waals surface area (Å²) in [5.41, 5.74) is -0.453. The smallest absolute Gasteiger partial charge is 0.410 e. The first-order chi connectivity index (χ1) is 11.5. The Kier molecular flexibility index (Phi) is 5.07. The van der Waals surface area contributed by atoms with Gasteiger partial charge in [-0.15, -0.1) is 0 Å². The van der Waals surface area contributed by atoms with Gasteiger partial charge in [-0.05, 0) is 45.4 Å². The summed E-state index contributed by atoms with van der Waals surface area (Å²) in [6.45, 7) is 10.4. The Balaban J connectivity index is 1.47. The number of fused-ring (bicyclic) bond motifs is 1. The summed E-state index contributed by atoms with van der Waals surface area (Å²) < 4.78 is 30.5. The molecule has 0 aliphatic carbocycles. The molecule has 3 fully saturated rings. The molecule has 0 aromatic heterocycles. The maximum Gasteiger partial charge on any atom is 0.410 e. The van der Waals surface area contributed by atoms with Gasteiger partial charge in [-0.3, -0.25) is 4.90 Å². The fourth-order valence-electron chi connectivity index (χ4n) is 4.30. The normalized spacial score (nSPS) is 29.8. The molecule has 0 saturated carbocycles. The van der Waals surface area contributed by atoms with Gasteiger partial charge in [0.05, 0.1) is 6.26 Å². The lowest BCUT2D eigenvalue weighted by Crippen LogP contribution is -2.48. The molecule has 3 rings (SSSR count). The van der Waals surface area contributed by atoms with Crippen molar-refractivity contribution in [2.75, 3.05) is 45.5 Å². The number of piperidine rings is 1. The topological polar surface area (TPSA) is 70.2 Å². The number of hydrogen-bond donors (Lipinski definition) is 0. The number of likely N-dealkylation sites (tertiary alicyclic amines) is 2. The highest BCUT2D eigenvalue weighted by Crippen LogP contribution is 2.35. The fourth-order valence-corrected chi connectivity index (χ4v) is 5.22. The third kappa shape index (κ3) is 4.46. The number of amides is 1. The van der Waals surface area contributed by atoms with E-state index in [2.05, 4.69) is 4.90 Å². The first-order valence-electron chi connectivity index (χ1n) is 9.20. The van der Waals surface area contributed by atoms with E-state index < -0.39 is 15.6 Å². The highest BCUT2D eigenvalue weighted by atomic mass is 32.2. The summed E-state index contributed by atoms with van der Waals surface area (Å²) in [6.07, 6.45) is 3.02. The van der Waals surface area contributed by atoms with Crippen LogP contribution in [0.4, 0.5) is 4.79 Å². The van der Waals surface area contributed by atoms with E-state index in [4.69, 9.17) is 4.74 Å². The van der Waals surface area contributed by atoms with Gasteiger partial charge in [0.2, 0.25) is 10.0 Å². The molecule has 8 heteroatoms. The second-order valence-electron chi connectivity index (χ2n) is 8.75. The number of sulfonamides is 1. The third-order valence-electron chi connectivity index (χ3n) is 5.58. The zero-order valence-corrected chi connectivity index (χ0v) is 16.6. The van der Waals surface area contributed by atoms with Crippen LogP contribution >= 0.6 is 0 Å². The van der Waals surface area contributed by atoms with E-state index >= 15 is 0 Å². The lowest BCUT2D eigenvalue weighted by atomic mass is 10.0. The summed E-state index contributed by atoms with van der Waals surface area (Å²) >= 11 is 0. The highest BCUT2D eigenvalue weighted by molar-refractivity contribution is 7.88. The van der Waals surface area contributed by atoms with E-state index in [1.807, 2.05) is 25.7 Å². The molecule has 0 radical (unpaired) electrons. The SMILES string of the molecule is CC(C)(C)OC(=O)N1CCC(N2CC3CN(S(C)(=O)=O)CC3C2)CC1. The molecule has 0 spiro atoms. The van der Waals surface area contributed by atoms with Gasteiger partial charge < -0.3 is 9.64 Å². The Morgan fingerprint density at radius 2 is 1.52 bits per heavy atom. The Morgan fingerprint density at radius 1 is 1.00 bits per heavy atom. The van der Waals surface area contributed by atoms with Gasteiger partial charge in [-0.2, -0.15) is 0 Å². The van der Waals surface area contributed by atoms with Crippen LogP contribution in [0.2, 0.25) is 0 Å². The largest absolute Gasteiger partial charge is 0.444 e. The molecule has 3 saturated heterocycles. The van der Waals surface area contributed by atoms with E-state index in [0.717, 1.165) is 39.0 Å². The van der Waals surface area contributed by atoms with Crippen LogP contribution in [-0.2, 0) is 14.8 Å². The first kappa shape index (κ1) is 18.9. The molecule has 2 atom stereocenters. The van der Waals surface area contributed by atoms with Crippen LogP contribution in [0, 0.1) is 11.8 Å². The van der Waals surface area contributed by atoms with Crippen LogP contribution in [0.25, 0.3) is 0 Å². The van der Waals surface area contributed by atoms with Crippen molar-refractivity contribution < 1.29 is 17.9 Å². The van der Waals surface area contributed by atoms with Gasteiger partial charge in [0.1, 0.15) is 5.60 Å². The van der Waals surface area contributed by atoms with Crippen molar-refractivity contribution in [2.24, 2.45) is 11.8 Å². The molecule has 0 bridgehead atoms. The lowest BCUT2D eigenvalue weighted by molar-refractivity contribution is 0.0151. The van der Waals surface area contributed by atoms with E-state index in [0.29, 0.717) is 31.0 Å². The van der Waals surface area contributed by atoms with E-state index in [-0.39, 0.29) is 6.09 Å². The fraction of sp³-hybridized carbons (Fsp3) is 0.941. The second kappa shape index (κ2) is 6.70. The minimum Gasteiger partial charge on any atom is -0.444 e. The number of carbonyl (C=O) groups is 1. The summed E-state index contributed by atoms with van der Waals surface area (Å²) in [5, 5.41) is 0. The van der Waals surface area contributed by atoms with Crippen LogP contribution in [0.15, 0.2) is 0 Å². The molecule has 0 N–H and O–H groups in total. The molecular weight excluding hydrogens is 342 g/mol. The van der Waals surface area contributed by atoms with Gasteiger partial charge in [0.25, 0.3) is 0 Å². The van der Waals surface area contributed by atoms with Crippen molar-refractivity contribution in [3.63, 3.8) is 0 Å². The van der Waals surface area contributed by atoms with Crippen molar-refractivity contribution in [1.29, 1.82) is 0 Å². The van der Waals surface area contributed by atoms with Crippen LogP contribution in [0.3, 0.4) is 0 Å². The van der Waals surface area contributed by atoms with E-state index in [9.17, 15) is 13.2 Å². The summed E-state index contributed by atoms with van der Waals surface area (Å²) in [5.74, 6) is 0.914. The Hall–Kier alpha value is -0.860. The summed E-state index contributed by atoms with van der Waals surface area (Å²) in [4.78, 5) is 16.5. The monoisotopic (exact) mass is 373 g/mol. The zero-order chi connectivity index (χ0) is 18.4. The Morgan fingerprint density at radius 3 is 1.96 bits per heavy atom. The molecule has 144 valence electrons. The predicted molar refractivity (Wildman–Crippen MR) is 95.8 cm³/mol. The first-order valence-corrected chi connectivity index (χ1v) is 11.0. The zero-order valence-electron chi connectivity index (χ0n) is 15.8. The average Bonchev–Trinajstić information content (AvgIpc) is 3.03. The van der Waals surface area contributed by atoms with Crippen molar-refractivity contribution >= 4 is 16.1 Å². The quantitative estimate of drug-likeness (QED) is 0.728. The predicted octanol–water partition coefficient (Wildman–Crippen LogP) is 1.21. The summed E-state index contributed by atoms with van der Waals surface area (Å²) in [6, 6.07) is 0.496. The van der Waals surface area contributed by atoms with Gasteiger partial charge in [0.15, 0.2) is 0 Å². The van der Waals surface area contributed by atoms with E-state index in [1.54, 1.807) is 4.31 Å². The molecule has 25 heavy (non-hydrogen) atoms. The lowest BCUT2D eigenvalue weighted by Gasteiger charge is -2.37. The molecule has 3 aliphatic heterocycles. The molecular formula is C17H31N3O4S. The second-order valence-corrected chi connectivity index (χ2v) is 10.7. The van der Waals surface area contributed by atoms with Crippen molar-refractivity contribution in [3.8, 4) is 0 Å². The number of hydrogen-bond acceptors (Lipinski definition) is 5. The van der Waals surface area contributed by atoms with Gasteiger partial charge >= 0.3 is 6.09 Å². The Labute approximate surface area is 151 Å². The Bertz CT molecular complexity index is 594. The molecule has 1 amide bonds. The number of ether oxygens (including phenoxy) is 1. The third-order valence-corrected chi connectivity index (χ3v) is 6.82. The van der Waals surface area contributed by atoms with Gasteiger partial charge in [-0.25, -0.2) is 17.5 Å². The molecule has 3 aliphatic rings. The molecule has 3 heterocycles. The van der Waals surface area contributed by atoms with Crippen LogP contribution < -0.4 is 0 Å². The average molecular weight is 374 g/mol. The van der Waals surface area contributed by atoms with E-state index in [1.165, 1.54) is 6.26 Å². The van der Waals surface area contributed by atoms with Crippen molar-refractivity contribution in [2.45, 2.75) is 45.3 Å². The van der Waals surface area contributed by atoms with Crippen LogP contribution in [-0.4, -0.2) is 85.8 Å². The van der Waals surface area contributed by atoms with Gasteiger partial charge in [0, 0.05) is 45.3 Å². The minimum atomic E-state index is -3.06. The highest BCUT2D eigenvalue weighted by Gasteiger charge is 2.44. The number of nitrogens with zero attached hydrogens (tertiary/aromatic N) is 3. The van der Waals surface area contributed by atoms with Crippen molar-refractivity contribution in [1.82, 2.24) is 14.1 Å². The maximum atomic E-state index is 12.2. The molecule has 0 aromatic carbocycles. The molecule has 7 nitrogen and oxygen atoms in total. The van der Waals surface area contributed by atoms with Crippen LogP contribution in [0.1, 0.15) is 33.6 Å². The molecule has 2 unspecified atom stereocenters. The standard InChI is InChI=1S/C17H31N3O4S/c1-17(2,3)24-16(21)18-7-5-15(6-8-18)19-9-13-11-20(25(4,22)23)12-14(13)10-19/h13-15H,5-12H2,1-4H3. The number of carbonyl (C=O) groups excluding carboxylic acids is 1. The van der Waals surface area contributed by atoms with Crippen molar-refractivity contribution in [3.05, 3.63) is 0 Å².